The van der Waals surface area contributed by atoms with Gasteiger partial charge >= 0.3 is 0 Å². The zero-order valence-corrected chi connectivity index (χ0v) is 59.4. The van der Waals surface area contributed by atoms with E-state index in [4.69, 9.17) is 10.8 Å². The maximum atomic E-state index is 9.86. The molecule has 0 amide bonds. The Balaban J connectivity index is 0.000000393. The SMILES string of the molecule is CC(=NCCN(C)C)c1ccccc1O.CC(=NCCN)c1ccccc1O.CC(=NCCO)c1ccccc1O.CC(C)(C)c1cc(N=Cc2ccccc2O)cc(C(C)(C)C)c1.CCN(CC)CCN=C(C)c1ccccc1O.CNCCN=C(C)c1ccccc1O. The smallest absolute Gasteiger partial charge is 0.124 e. The van der Waals surface area contributed by atoms with Crippen LogP contribution in [-0.4, -0.2) is 180 Å². The van der Waals surface area contributed by atoms with Gasteiger partial charge in [-0.3, -0.25) is 30.0 Å². The van der Waals surface area contributed by atoms with E-state index in [1.54, 1.807) is 66.9 Å². The number of hydrogen-bond acceptors (Lipinski definition) is 17. The number of aromatic hydroxyl groups is 6. The number of benzene rings is 7. The Morgan fingerprint density at radius 2 is 0.758 bits per heavy atom. The highest BCUT2D eigenvalue weighted by molar-refractivity contribution is 6.03. The minimum atomic E-state index is 0.0327. The summed E-state index contributed by atoms with van der Waals surface area (Å²) in [5.74, 6) is 1.63. The van der Waals surface area contributed by atoms with Crippen molar-refractivity contribution in [3.05, 3.63) is 208 Å². The lowest BCUT2D eigenvalue weighted by molar-refractivity contribution is 0.307. The average molecular weight is 1300 g/mol. The molecule has 0 aliphatic heterocycles. The number of nitrogens with two attached hydrogens (primary N) is 1. The number of phenolic OH excluding ortho intramolecular Hbond substituents is 6. The molecule has 0 spiro atoms. The van der Waals surface area contributed by atoms with Gasteiger partial charge < -0.3 is 56.6 Å². The van der Waals surface area contributed by atoms with E-state index in [0.717, 1.165) is 120 Å². The molecule has 0 aliphatic carbocycles. The molecule has 0 saturated carbocycles. The third-order valence-corrected chi connectivity index (χ3v) is 14.6. The lowest BCUT2D eigenvalue weighted by Crippen LogP contribution is -2.25. The summed E-state index contributed by atoms with van der Waals surface area (Å²) in [7, 11) is 5.93. The predicted octanol–water partition coefficient (Wildman–Crippen LogP) is 13.8. The number of nitrogens with zero attached hydrogens (tertiary/aromatic N) is 8. The van der Waals surface area contributed by atoms with E-state index in [1.807, 2.05) is 141 Å². The van der Waals surface area contributed by atoms with E-state index in [1.165, 1.54) is 11.1 Å². The van der Waals surface area contributed by atoms with E-state index < -0.39 is 0 Å². The van der Waals surface area contributed by atoms with Crippen LogP contribution in [0.5, 0.6) is 34.5 Å². The molecule has 7 aromatic carbocycles. The topological polar surface area (TPSA) is 260 Å². The number of aliphatic hydroxyl groups excluding tert-OH is 1. The van der Waals surface area contributed by atoms with Crippen LogP contribution in [0.2, 0.25) is 0 Å². The van der Waals surface area contributed by atoms with Gasteiger partial charge in [0.1, 0.15) is 34.5 Å². The number of aliphatic hydroxyl groups is 1. The van der Waals surface area contributed by atoms with Gasteiger partial charge in [-0.15, -0.1) is 0 Å². The summed E-state index contributed by atoms with van der Waals surface area (Å²) in [4.78, 5) is 30.6. The van der Waals surface area contributed by atoms with Crippen LogP contribution < -0.4 is 11.1 Å². The lowest BCUT2D eigenvalue weighted by Gasteiger charge is -2.25. The number of aliphatic imine (C=N–C) groups is 6. The molecule has 0 saturated heterocycles. The van der Waals surface area contributed by atoms with Crippen LogP contribution in [0.4, 0.5) is 5.69 Å². The summed E-state index contributed by atoms with van der Waals surface area (Å²) < 4.78 is 0. The highest BCUT2D eigenvalue weighted by Gasteiger charge is 2.20. The second-order valence-corrected chi connectivity index (χ2v) is 24.5. The molecule has 514 valence electrons. The Morgan fingerprint density at radius 1 is 0.442 bits per heavy atom. The van der Waals surface area contributed by atoms with Crippen molar-refractivity contribution in [2.24, 2.45) is 35.7 Å². The fourth-order valence-corrected chi connectivity index (χ4v) is 8.72. The standard InChI is InChI=1S/C21H27NO.C14H22N2O.C12H18N2O.C11H16N2O.C10H14N2O.C10H13NO2/c1-20(2,3)16-11-17(21(4,5)6)13-18(12-16)22-14-15-9-7-8-10-19(15)23;1-4-16(5-2)11-10-15-12(3)13-8-6-7-9-14(13)17;1-10(13-8-9-14(2)3)11-6-4-5-7-12(11)15;1-9(13-8-7-12-2)10-5-3-4-6-11(10)14;1-8(12-7-6-11)9-4-2-3-5-10(9)13;1-8(11-6-7-12)9-4-2-3-5-10(9)13/h7-14,23H,1-6H3;6-9,17H,4-5,10-11H2,1-3H3;4-7,15H,8-9H2,1-3H3;3-6,12,14H,7-8H2,1-2H3;2-5,13H,6-7,11H2,1H3;2-5,12-13H,6-7H2,1H3. The number of rotatable bonds is 22. The van der Waals surface area contributed by atoms with Crippen LogP contribution in [0.15, 0.2) is 194 Å². The first-order valence-electron chi connectivity index (χ1n) is 32.4. The van der Waals surface area contributed by atoms with Gasteiger partial charge in [0.05, 0.1) is 45.0 Å². The van der Waals surface area contributed by atoms with Crippen molar-refractivity contribution in [3.8, 4) is 34.5 Å². The minimum Gasteiger partial charge on any atom is -0.507 e. The molecule has 0 unspecified atom stereocenters. The third kappa shape index (κ3) is 32.2. The lowest BCUT2D eigenvalue weighted by atomic mass is 9.80. The van der Waals surface area contributed by atoms with E-state index in [2.05, 4.69) is 119 Å². The van der Waals surface area contributed by atoms with Crippen LogP contribution in [0.1, 0.15) is 135 Å². The van der Waals surface area contributed by atoms with Gasteiger partial charge in [0.15, 0.2) is 0 Å². The van der Waals surface area contributed by atoms with E-state index >= 15 is 0 Å². The van der Waals surface area contributed by atoms with E-state index in [9.17, 15) is 30.6 Å². The van der Waals surface area contributed by atoms with Gasteiger partial charge in [0.2, 0.25) is 0 Å². The molecule has 0 aliphatic rings. The zero-order valence-electron chi connectivity index (χ0n) is 59.4. The largest absolute Gasteiger partial charge is 0.507 e. The number of nitrogens with one attached hydrogen (secondary N) is 1. The molecular formula is C78H110N10O7. The second-order valence-electron chi connectivity index (χ2n) is 24.5. The molecule has 7 aromatic rings. The van der Waals surface area contributed by atoms with Crippen molar-refractivity contribution in [3.63, 3.8) is 0 Å². The highest BCUT2D eigenvalue weighted by Crippen LogP contribution is 2.33. The highest BCUT2D eigenvalue weighted by atomic mass is 16.3. The summed E-state index contributed by atoms with van der Waals surface area (Å²) >= 11 is 0. The maximum Gasteiger partial charge on any atom is 0.124 e. The van der Waals surface area contributed by atoms with Crippen molar-refractivity contribution in [2.45, 2.75) is 101 Å². The summed E-state index contributed by atoms with van der Waals surface area (Å²) in [6.45, 7) is 35.7. The molecular weight excluding hydrogens is 1190 g/mol. The second kappa shape index (κ2) is 44.7. The normalized spacial score (nSPS) is 12.1. The third-order valence-electron chi connectivity index (χ3n) is 14.6. The van der Waals surface area contributed by atoms with Crippen LogP contribution in [0, 0.1) is 0 Å². The Labute approximate surface area is 567 Å². The molecule has 0 atom stereocenters. The number of hydrogen-bond donors (Lipinski definition) is 9. The van der Waals surface area contributed by atoms with Crippen molar-refractivity contribution in [1.82, 2.24) is 15.1 Å². The van der Waals surface area contributed by atoms with Crippen molar-refractivity contribution in [2.75, 3.05) is 99.7 Å². The zero-order chi connectivity index (χ0) is 70.9. The molecule has 0 aromatic heterocycles. The maximum absolute atomic E-state index is 9.86. The van der Waals surface area contributed by atoms with E-state index in [-0.39, 0.29) is 34.7 Å². The number of para-hydroxylation sites is 6. The fraction of sp³-hybridized carbons (Fsp3) is 0.385. The van der Waals surface area contributed by atoms with Crippen LogP contribution in [-0.2, 0) is 10.8 Å². The Bertz CT molecular complexity index is 3440. The first kappa shape index (κ1) is 82.3. The summed E-state index contributed by atoms with van der Waals surface area (Å²) in [6, 6.07) is 49.8. The molecule has 17 nitrogen and oxygen atoms in total. The van der Waals surface area contributed by atoms with Gasteiger partial charge in [0, 0.05) is 94.3 Å². The average Bonchev–Trinajstić information content (AvgIpc) is 0.842. The van der Waals surface area contributed by atoms with Crippen LogP contribution in [0.25, 0.3) is 0 Å². The molecule has 0 bridgehead atoms. The Kier molecular flexibility index (Phi) is 38.7. The van der Waals surface area contributed by atoms with Gasteiger partial charge in [0.25, 0.3) is 0 Å². The molecule has 10 N–H and O–H groups in total. The Hall–Kier alpha value is -8.84. The van der Waals surface area contributed by atoms with Crippen LogP contribution >= 0.6 is 0 Å². The van der Waals surface area contributed by atoms with Gasteiger partial charge in [-0.2, -0.15) is 0 Å². The summed E-state index contributed by atoms with van der Waals surface area (Å²) in [5, 5.41) is 69.2. The molecule has 0 heterocycles. The van der Waals surface area contributed by atoms with E-state index in [0.29, 0.717) is 36.9 Å². The molecule has 17 heteroatoms. The first-order valence-corrected chi connectivity index (χ1v) is 32.4. The quantitative estimate of drug-likeness (QED) is 0.0228. The van der Waals surface area contributed by atoms with Gasteiger partial charge in [-0.1, -0.05) is 134 Å². The van der Waals surface area contributed by atoms with Gasteiger partial charge in [-0.25, -0.2) is 0 Å². The number of phenols is 6. The molecule has 0 fully saturated rings. The minimum absolute atomic E-state index is 0.0327. The monoisotopic (exact) mass is 1300 g/mol. The van der Waals surface area contributed by atoms with Crippen LogP contribution in [0.3, 0.4) is 0 Å². The summed E-state index contributed by atoms with van der Waals surface area (Å²) in [6.07, 6.45) is 1.73. The molecule has 7 rings (SSSR count). The van der Waals surface area contributed by atoms with Crippen molar-refractivity contribution < 1.29 is 35.7 Å². The fourth-order valence-electron chi connectivity index (χ4n) is 8.72. The number of likely N-dealkylation sites (N-methyl/N-ethyl adjacent to an activating group) is 3. The Morgan fingerprint density at radius 3 is 1.06 bits per heavy atom. The van der Waals surface area contributed by atoms with Crippen molar-refractivity contribution >= 4 is 40.5 Å². The molecule has 0 radical (unpaired) electrons. The molecule has 95 heavy (non-hydrogen) atoms. The predicted molar refractivity (Wildman–Crippen MR) is 402 cm³/mol. The van der Waals surface area contributed by atoms with Gasteiger partial charge in [-0.05, 0) is 176 Å². The first-order chi connectivity index (χ1) is 45.1. The summed E-state index contributed by atoms with van der Waals surface area (Å²) in [5.41, 5.74) is 17.8. The van der Waals surface area contributed by atoms with Crippen molar-refractivity contribution in [1.29, 1.82) is 0 Å².